The Balaban J connectivity index is 1.61. The molecule has 0 aliphatic carbocycles. The molecule has 1 aromatic carbocycles. The van der Waals surface area contributed by atoms with Gasteiger partial charge in [-0.05, 0) is 24.1 Å². The van der Waals surface area contributed by atoms with Crippen molar-refractivity contribution >= 4 is 5.91 Å². The number of hydrogen-bond donors (Lipinski definition) is 1. The second-order valence-electron chi connectivity index (χ2n) is 7.37. The van der Waals surface area contributed by atoms with E-state index in [4.69, 9.17) is 4.42 Å². The second kappa shape index (κ2) is 6.30. The smallest absolute Gasteiger partial charge is 0.223 e. The summed E-state index contributed by atoms with van der Waals surface area (Å²) in [6.07, 6.45) is 1.86. The molecule has 0 atom stereocenters. The second-order valence-corrected chi connectivity index (χ2v) is 7.37. The number of rotatable bonds is 3. The predicted octanol–water partition coefficient (Wildman–Crippen LogP) is 3.20. The van der Waals surface area contributed by atoms with E-state index < -0.39 is 0 Å². The number of phenols is 1. The minimum atomic E-state index is -0.120. The van der Waals surface area contributed by atoms with E-state index in [1.165, 1.54) is 0 Å². The van der Waals surface area contributed by atoms with Gasteiger partial charge in [-0.2, -0.15) is 0 Å². The number of nitrogens with zero attached hydrogens (tertiary/aromatic N) is 2. The maximum atomic E-state index is 12.5. The number of oxazole rings is 1. The van der Waals surface area contributed by atoms with E-state index in [0.29, 0.717) is 25.9 Å². The van der Waals surface area contributed by atoms with Gasteiger partial charge in [-0.25, -0.2) is 4.98 Å². The van der Waals surface area contributed by atoms with Crippen molar-refractivity contribution in [2.75, 3.05) is 6.54 Å². The maximum Gasteiger partial charge on any atom is 0.223 e. The molecule has 5 nitrogen and oxygen atoms in total. The van der Waals surface area contributed by atoms with Crippen LogP contribution in [0, 0.1) is 0 Å². The van der Waals surface area contributed by atoms with Crippen molar-refractivity contribution < 1.29 is 14.3 Å². The first-order valence-corrected chi connectivity index (χ1v) is 8.37. The Morgan fingerprint density at radius 1 is 1.29 bits per heavy atom. The van der Waals surface area contributed by atoms with Gasteiger partial charge >= 0.3 is 0 Å². The van der Waals surface area contributed by atoms with Crippen LogP contribution in [0.4, 0.5) is 0 Å². The van der Waals surface area contributed by atoms with Crippen LogP contribution in [-0.4, -0.2) is 27.4 Å². The fourth-order valence-electron chi connectivity index (χ4n) is 2.80. The van der Waals surface area contributed by atoms with Gasteiger partial charge in [0.05, 0.1) is 6.54 Å². The van der Waals surface area contributed by atoms with Gasteiger partial charge in [-0.15, -0.1) is 0 Å². The van der Waals surface area contributed by atoms with E-state index in [2.05, 4.69) is 25.8 Å². The lowest BCUT2D eigenvalue weighted by Crippen LogP contribution is -2.35. The normalized spacial score (nSPS) is 14.5. The standard InChI is InChI=1S/C19H24N2O3/c1-19(2,3)18-20-15-12-21(11-10-16(15)24-18)17(23)9-6-13-4-7-14(22)8-5-13/h4-5,7-8,22H,6,9-12H2,1-3H3. The van der Waals surface area contributed by atoms with Crippen molar-refractivity contribution in [3.8, 4) is 5.75 Å². The number of carbonyl (C=O) groups is 1. The van der Waals surface area contributed by atoms with Crippen LogP contribution in [-0.2, 0) is 29.6 Å². The number of phenolic OH excluding ortho intramolecular Hbond substituents is 1. The zero-order chi connectivity index (χ0) is 17.3. The summed E-state index contributed by atoms with van der Waals surface area (Å²) in [5, 5.41) is 9.30. The van der Waals surface area contributed by atoms with Gasteiger partial charge in [-0.1, -0.05) is 32.9 Å². The molecule has 5 heteroatoms. The molecule has 0 saturated heterocycles. The Labute approximate surface area is 142 Å². The van der Waals surface area contributed by atoms with Crippen molar-refractivity contribution in [2.45, 2.75) is 52.0 Å². The van der Waals surface area contributed by atoms with E-state index >= 15 is 0 Å². The summed E-state index contributed by atoms with van der Waals surface area (Å²) in [6.45, 7) is 7.43. The van der Waals surface area contributed by atoms with E-state index in [1.54, 1.807) is 12.1 Å². The third-order valence-corrected chi connectivity index (χ3v) is 4.29. The van der Waals surface area contributed by atoms with Crippen molar-refractivity contribution in [1.29, 1.82) is 0 Å². The lowest BCUT2D eigenvalue weighted by atomic mass is 9.97. The number of benzene rings is 1. The molecule has 3 rings (SSSR count). The van der Waals surface area contributed by atoms with Crippen molar-refractivity contribution in [3.63, 3.8) is 0 Å². The maximum absolute atomic E-state index is 12.5. The van der Waals surface area contributed by atoms with Gasteiger partial charge in [0, 0.05) is 24.8 Å². The molecule has 1 amide bonds. The Kier molecular flexibility index (Phi) is 4.35. The minimum Gasteiger partial charge on any atom is -0.508 e. The summed E-state index contributed by atoms with van der Waals surface area (Å²) in [7, 11) is 0. The molecule has 0 bridgehead atoms. The van der Waals surface area contributed by atoms with Crippen LogP contribution in [0.25, 0.3) is 0 Å². The quantitative estimate of drug-likeness (QED) is 0.939. The Morgan fingerprint density at radius 3 is 2.67 bits per heavy atom. The summed E-state index contributed by atoms with van der Waals surface area (Å²) in [4.78, 5) is 18.9. The summed E-state index contributed by atoms with van der Waals surface area (Å²) in [5.41, 5.74) is 1.82. The lowest BCUT2D eigenvalue weighted by molar-refractivity contribution is -0.132. The number of amides is 1. The average molecular weight is 328 g/mol. The average Bonchev–Trinajstić information content (AvgIpc) is 2.97. The Bertz CT molecular complexity index is 726. The monoisotopic (exact) mass is 328 g/mol. The molecular weight excluding hydrogens is 304 g/mol. The molecule has 0 saturated carbocycles. The Morgan fingerprint density at radius 2 is 2.00 bits per heavy atom. The topological polar surface area (TPSA) is 66.6 Å². The first-order chi connectivity index (χ1) is 11.3. The molecule has 1 aromatic heterocycles. The molecule has 1 N–H and O–H groups in total. The molecule has 1 aliphatic rings. The van der Waals surface area contributed by atoms with Crippen LogP contribution >= 0.6 is 0 Å². The summed E-state index contributed by atoms with van der Waals surface area (Å²) in [5.74, 6) is 2.04. The minimum absolute atomic E-state index is 0.120. The Hall–Kier alpha value is -2.30. The van der Waals surface area contributed by atoms with Crippen molar-refractivity contribution in [3.05, 3.63) is 47.2 Å². The molecule has 0 radical (unpaired) electrons. The third kappa shape index (κ3) is 3.61. The fourth-order valence-corrected chi connectivity index (χ4v) is 2.80. The van der Waals surface area contributed by atoms with E-state index in [0.717, 1.165) is 29.3 Å². The third-order valence-electron chi connectivity index (χ3n) is 4.29. The van der Waals surface area contributed by atoms with Crippen LogP contribution in [0.2, 0.25) is 0 Å². The number of aryl methyl sites for hydroxylation is 1. The summed E-state index contributed by atoms with van der Waals surface area (Å²) < 4.78 is 5.87. The van der Waals surface area contributed by atoms with Gasteiger partial charge in [0.15, 0.2) is 5.89 Å². The van der Waals surface area contributed by atoms with Crippen LogP contribution in [0.1, 0.15) is 50.1 Å². The molecule has 0 spiro atoms. The number of carbonyl (C=O) groups excluding carboxylic acids is 1. The number of hydrogen-bond acceptors (Lipinski definition) is 4. The van der Waals surface area contributed by atoms with Crippen molar-refractivity contribution in [1.82, 2.24) is 9.88 Å². The summed E-state index contributed by atoms with van der Waals surface area (Å²) >= 11 is 0. The van der Waals surface area contributed by atoms with Gasteiger partial charge in [0.1, 0.15) is 17.2 Å². The van der Waals surface area contributed by atoms with Crippen LogP contribution < -0.4 is 0 Å². The van der Waals surface area contributed by atoms with Gasteiger partial charge < -0.3 is 14.4 Å². The molecular formula is C19H24N2O3. The largest absolute Gasteiger partial charge is 0.508 e. The number of aromatic nitrogens is 1. The molecule has 0 unspecified atom stereocenters. The number of aromatic hydroxyl groups is 1. The van der Waals surface area contributed by atoms with Crippen molar-refractivity contribution in [2.24, 2.45) is 0 Å². The SMILES string of the molecule is CC(C)(C)c1nc2c(o1)CCN(C(=O)CCc1ccc(O)cc1)C2. The van der Waals surface area contributed by atoms with E-state index in [9.17, 15) is 9.90 Å². The van der Waals surface area contributed by atoms with Crippen LogP contribution in [0.15, 0.2) is 28.7 Å². The van der Waals surface area contributed by atoms with E-state index in [-0.39, 0.29) is 17.1 Å². The highest BCUT2D eigenvalue weighted by Crippen LogP contribution is 2.27. The predicted molar refractivity (Wildman–Crippen MR) is 90.8 cm³/mol. The first-order valence-electron chi connectivity index (χ1n) is 8.37. The molecule has 128 valence electrons. The molecule has 2 heterocycles. The molecule has 24 heavy (non-hydrogen) atoms. The lowest BCUT2D eigenvalue weighted by Gasteiger charge is -2.25. The molecule has 0 fully saturated rings. The molecule has 1 aliphatic heterocycles. The first kappa shape index (κ1) is 16.6. The van der Waals surface area contributed by atoms with Crippen LogP contribution in [0.3, 0.4) is 0 Å². The van der Waals surface area contributed by atoms with Gasteiger partial charge in [0.2, 0.25) is 5.91 Å². The highest BCUT2D eigenvalue weighted by atomic mass is 16.4. The van der Waals surface area contributed by atoms with Gasteiger partial charge in [-0.3, -0.25) is 4.79 Å². The zero-order valence-electron chi connectivity index (χ0n) is 14.5. The van der Waals surface area contributed by atoms with Gasteiger partial charge in [0.25, 0.3) is 0 Å². The molecule has 2 aromatic rings. The number of fused-ring (bicyclic) bond motifs is 1. The highest BCUT2D eigenvalue weighted by Gasteiger charge is 2.28. The summed E-state index contributed by atoms with van der Waals surface area (Å²) in [6, 6.07) is 7.00. The zero-order valence-corrected chi connectivity index (χ0v) is 14.5. The fraction of sp³-hybridized carbons (Fsp3) is 0.474. The highest BCUT2D eigenvalue weighted by molar-refractivity contribution is 5.76. The van der Waals surface area contributed by atoms with E-state index in [1.807, 2.05) is 17.0 Å². The van der Waals surface area contributed by atoms with Crippen LogP contribution in [0.5, 0.6) is 5.75 Å².